The van der Waals surface area contributed by atoms with Crippen LogP contribution in [-0.2, 0) is 10.0 Å². The van der Waals surface area contributed by atoms with Crippen LogP contribution in [0.1, 0.15) is 26.2 Å². The van der Waals surface area contributed by atoms with Gasteiger partial charge in [-0.15, -0.1) is 0 Å². The lowest BCUT2D eigenvalue weighted by atomic mass is 9.91. The maximum atomic E-state index is 13.6. The molecule has 8 heteroatoms. The van der Waals surface area contributed by atoms with Crippen molar-refractivity contribution >= 4 is 16.0 Å². The smallest absolute Gasteiger partial charge is 0.266 e. The lowest BCUT2D eigenvalue weighted by molar-refractivity contribution is 0.0828. The van der Waals surface area contributed by atoms with Crippen LogP contribution in [0.15, 0.2) is 58.4 Å². The lowest BCUT2D eigenvalue weighted by Crippen LogP contribution is -2.57. The van der Waals surface area contributed by atoms with Crippen molar-refractivity contribution < 1.29 is 13.2 Å². The predicted molar refractivity (Wildman–Crippen MR) is 132 cm³/mol. The highest BCUT2D eigenvalue weighted by Crippen LogP contribution is 2.27. The Morgan fingerprint density at radius 1 is 1.00 bits per heavy atom. The molecule has 1 saturated carbocycles. The molecule has 2 aromatic carbocycles. The third-order valence-electron chi connectivity index (χ3n) is 6.76. The van der Waals surface area contributed by atoms with Crippen LogP contribution in [0.4, 0.5) is 0 Å². The van der Waals surface area contributed by atoms with Gasteiger partial charge in [0.15, 0.2) is 0 Å². The van der Waals surface area contributed by atoms with E-state index in [-0.39, 0.29) is 4.90 Å². The van der Waals surface area contributed by atoms with E-state index in [0.29, 0.717) is 18.5 Å². The summed E-state index contributed by atoms with van der Waals surface area (Å²) >= 11 is 0. The summed E-state index contributed by atoms with van der Waals surface area (Å²) in [6.45, 7) is 5.70. The first kappa shape index (κ1) is 23.6. The Morgan fingerprint density at radius 3 is 2.03 bits per heavy atom. The van der Waals surface area contributed by atoms with Gasteiger partial charge >= 0.3 is 0 Å². The van der Waals surface area contributed by atoms with E-state index in [2.05, 4.69) is 14.8 Å². The highest BCUT2D eigenvalue weighted by atomic mass is 32.2. The fourth-order valence-corrected chi connectivity index (χ4v) is 6.09. The molecule has 0 aromatic heterocycles. The topological polar surface area (TPSA) is 65.5 Å². The molecule has 0 spiro atoms. The normalized spacial score (nSPS) is 18.2. The van der Waals surface area contributed by atoms with Crippen LogP contribution in [0.25, 0.3) is 11.1 Å². The van der Waals surface area contributed by atoms with Crippen molar-refractivity contribution in [3.63, 3.8) is 0 Å². The van der Waals surface area contributed by atoms with Crippen LogP contribution >= 0.6 is 0 Å². The van der Waals surface area contributed by atoms with E-state index in [1.54, 1.807) is 26.3 Å². The van der Waals surface area contributed by atoms with Gasteiger partial charge in [0.2, 0.25) is 5.96 Å². The van der Waals surface area contributed by atoms with E-state index in [0.717, 1.165) is 43.1 Å². The van der Waals surface area contributed by atoms with Crippen molar-refractivity contribution in [3.05, 3.63) is 48.5 Å². The lowest BCUT2D eigenvalue weighted by Gasteiger charge is -2.44. The van der Waals surface area contributed by atoms with Crippen molar-refractivity contribution in [3.8, 4) is 16.9 Å². The van der Waals surface area contributed by atoms with Gasteiger partial charge in [0.1, 0.15) is 5.75 Å². The molecule has 0 amide bonds. The highest BCUT2D eigenvalue weighted by molar-refractivity contribution is 7.89. The zero-order chi connectivity index (χ0) is 23.4. The van der Waals surface area contributed by atoms with Gasteiger partial charge in [0, 0.05) is 45.8 Å². The summed E-state index contributed by atoms with van der Waals surface area (Å²) in [5, 5.41) is 0. The average Bonchev–Trinajstić information content (AvgIpc) is 2.82. The van der Waals surface area contributed by atoms with Crippen molar-refractivity contribution in [2.45, 2.75) is 37.1 Å². The molecule has 1 aliphatic heterocycles. The number of hydrogen-bond donors (Lipinski definition) is 0. The second-order valence-corrected chi connectivity index (χ2v) is 10.4. The van der Waals surface area contributed by atoms with Gasteiger partial charge < -0.3 is 9.64 Å². The predicted octanol–water partition coefficient (Wildman–Crippen LogP) is 3.53. The summed E-state index contributed by atoms with van der Waals surface area (Å²) in [5.74, 6) is 1.32. The SMILES string of the molecule is CCN(C(=NC)N1CCN(C2CCC2)CC1)S(=O)(=O)c1ccc(-c2ccc(OC)cc2)cc1. The first-order valence-corrected chi connectivity index (χ1v) is 13.1. The Morgan fingerprint density at radius 2 is 1.58 bits per heavy atom. The second kappa shape index (κ2) is 10.1. The largest absolute Gasteiger partial charge is 0.497 e. The van der Waals surface area contributed by atoms with E-state index in [9.17, 15) is 8.42 Å². The van der Waals surface area contributed by atoms with E-state index < -0.39 is 10.0 Å². The minimum atomic E-state index is -3.72. The van der Waals surface area contributed by atoms with E-state index >= 15 is 0 Å². The van der Waals surface area contributed by atoms with Crippen molar-refractivity contribution in [2.24, 2.45) is 4.99 Å². The Labute approximate surface area is 197 Å². The zero-order valence-corrected chi connectivity index (χ0v) is 20.6. The number of sulfonamides is 1. The van der Waals surface area contributed by atoms with E-state index in [1.165, 1.54) is 23.6 Å². The molecule has 4 rings (SSSR count). The van der Waals surface area contributed by atoms with Gasteiger partial charge in [-0.2, -0.15) is 0 Å². The molecular formula is C25H34N4O3S. The van der Waals surface area contributed by atoms with Crippen LogP contribution in [0, 0.1) is 0 Å². The van der Waals surface area contributed by atoms with Crippen LogP contribution in [0.5, 0.6) is 5.75 Å². The summed E-state index contributed by atoms with van der Waals surface area (Å²) in [6.07, 6.45) is 3.90. The van der Waals surface area contributed by atoms with Gasteiger partial charge in [-0.1, -0.05) is 30.7 Å². The number of ether oxygens (including phenoxy) is 1. The highest BCUT2D eigenvalue weighted by Gasteiger charge is 2.33. The number of guanidine groups is 1. The molecule has 0 unspecified atom stereocenters. The van der Waals surface area contributed by atoms with E-state index in [4.69, 9.17) is 4.74 Å². The maximum Gasteiger partial charge on any atom is 0.266 e. The number of aliphatic imine (C=N–C) groups is 1. The quantitative estimate of drug-likeness (QED) is 0.477. The molecule has 0 bridgehead atoms. The molecule has 1 saturated heterocycles. The van der Waals surface area contributed by atoms with Gasteiger partial charge in [0.05, 0.1) is 12.0 Å². The minimum absolute atomic E-state index is 0.274. The molecule has 1 heterocycles. The van der Waals surface area contributed by atoms with Crippen molar-refractivity contribution in [1.82, 2.24) is 14.1 Å². The number of hydrogen-bond acceptors (Lipinski definition) is 5. The monoisotopic (exact) mass is 470 g/mol. The molecular weight excluding hydrogens is 436 g/mol. The molecule has 178 valence electrons. The molecule has 2 fully saturated rings. The molecule has 0 atom stereocenters. The molecule has 33 heavy (non-hydrogen) atoms. The summed E-state index contributed by atoms with van der Waals surface area (Å²) < 4.78 is 33.8. The third-order valence-corrected chi connectivity index (χ3v) is 8.63. The molecule has 1 aliphatic carbocycles. The molecule has 0 radical (unpaired) electrons. The summed E-state index contributed by atoms with van der Waals surface area (Å²) in [6, 6.07) is 15.5. The summed E-state index contributed by atoms with van der Waals surface area (Å²) in [4.78, 5) is 9.34. The second-order valence-electron chi connectivity index (χ2n) is 8.55. The fraction of sp³-hybridized carbons (Fsp3) is 0.480. The first-order chi connectivity index (χ1) is 16.0. The van der Waals surface area contributed by atoms with Crippen molar-refractivity contribution in [2.75, 3.05) is 46.9 Å². The number of rotatable bonds is 6. The van der Waals surface area contributed by atoms with Gasteiger partial charge in [0.25, 0.3) is 10.0 Å². The number of piperazine rings is 1. The summed E-state index contributed by atoms with van der Waals surface area (Å²) in [7, 11) is -0.403. The van der Waals surface area contributed by atoms with Crippen LogP contribution in [-0.4, -0.2) is 81.4 Å². The number of methoxy groups -OCH3 is 1. The van der Waals surface area contributed by atoms with Crippen LogP contribution in [0.2, 0.25) is 0 Å². The van der Waals surface area contributed by atoms with Crippen LogP contribution < -0.4 is 4.74 Å². The standard InChI is InChI=1S/C25H34N4O3S/c1-4-29(25(26-2)28-18-16-27(17-19-28)22-6-5-7-22)33(30,31)24-14-10-21(11-15-24)20-8-12-23(32-3)13-9-20/h8-15,22H,4-7,16-19H2,1-3H3. The van der Waals surface area contributed by atoms with Crippen molar-refractivity contribution in [1.29, 1.82) is 0 Å². The third kappa shape index (κ3) is 4.87. The molecule has 7 nitrogen and oxygen atoms in total. The van der Waals surface area contributed by atoms with Gasteiger partial charge in [-0.25, -0.2) is 12.7 Å². The molecule has 2 aromatic rings. The minimum Gasteiger partial charge on any atom is -0.497 e. The van der Waals surface area contributed by atoms with Gasteiger partial charge in [-0.3, -0.25) is 9.89 Å². The number of nitrogens with zero attached hydrogens (tertiary/aromatic N) is 4. The Hall–Kier alpha value is -2.58. The Bertz CT molecular complexity index is 1060. The first-order valence-electron chi connectivity index (χ1n) is 11.7. The zero-order valence-electron chi connectivity index (χ0n) is 19.8. The van der Waals surface area contributed by atoms with E-state index in [1.807, 2.05) is 43.3 Å². The Kier molecular flexibility index (Phi) is 7.24. The average molecular weight is 471 g/mol. The molecule has 2 aliphatic rings. The number of benzene rings is 2. The molecule has 0 N–H and O–H groups in total. The fourth-order valence-electron chi connectivity index (χ4n) is 4.60. The summed E-state index contributed by atoms with van der Waals surface area (Å²) in [5.41, 5.74) is 1.96. The Balaban J connectivity index is 1.50. The van der Waals surface area contributed by atoms with Crippen LogP contribution in [0.3, 0.4) is 0 Å². The maximum absolute atomic E-state index is 13.6. The van der Waals surface area contributed by atoms with Gasteiger partial charge in [-0.05, 0) is 55.2 Å².